The van der Waals surface area contributed by atoms with E-state index in [0.29, 0.717) is 5.65 Å². The van der Waals surface area contributed by atoms with Crippen LogP contribution >= 0.6 is 23.5 Å². The number of nitrogens with zero attached hydrogens (tertiary/aromatic N) is 4. The van der Waals surface area contributed by atoms with Crippen molar-refractivity contribution < 1.29 is 56.3 Å². The number of anilines is 1. The van der Waals surface area contributed by atoms with Gasteiger partial charge in [-0.05, 0) is 0 Å². The number of hydrogen-bond acceptors (Lipinski definition) is 14. The molecule has 22 heteroatoms. The van der Waals surface area contributed by atoms with Crippen molar-refractivity contribution in [2.24, 2.45) is 0 Å². The number of aromatic nitrogens is 4. The topological polar surface area (TPSA) is 265 Å². The molecular formula is C10H14N5Na2O12P3-2. The van der Waals surface area contributed by atoms with Crippen molar-refractivity contribution in [3.63, 3.8) is 0 Å². The van der Waals surface area contributed by atoms with Gasteiger partial charge in [0.05, 0.1) is 19.0 Å². The summed E-state index contributed by atoms with van der Waals surface area (Å²) in [5, 5.41) is 10.1. The Morgan fingerprint density at radius 3 is 2.47 bits per heavy atom. The Labute approximate surface area is 223 Å². The number of aliphatic hydroxyl groups excluding tert-OH is 1. The normalized spacial score (nSPS) is 26.3. The van der Waals surface area contributed by atoms with Gasteiger partial charge in [-0.15, -0.1) is 0 Å². The molecule has 3 unspecified atom stereocenters. The molecule has 0 bridgehead atoms. The van der Waals surface area contributed by atoms with Crippen LogP contribution in [0.1, 0.15) is 12.6 Å². The molecule has 1 aliphatic rings. The number of aliphatic hydroxyl groups is 1. The summed E-state index contributed by atoms with van der Waals surface area (Å²) in [7, 11) is -17.2. The van der Waals surface area contributed by atoms with E-state index in [9.17, 15) is 33.5 Å². The van der Waals surface area contributed by atoms with Gasteiger partial charge in [-0.25, -0.2) is 28.1 Å². The summed E-state index contributed by atoms with van der Waals surface area (Å²) < 4.78 is 51.5. The van der Waals surface area contributed by atoms with Crippen molar-refractivity contribution in [1.82, 2.24) is 19.5 Å². The molecule has 0 aliphatic carbocycles. The fourth-order valence-corrected chi connectivity index (χ4v) is 5.51. The summed E-state index contributed by atoms with van der Waals surface area (Å²) in [4.78, 5) is 51.2. The summed E-state index contributed by atoms with van der Waals surface area (Å²) in [6.45, 7) is -0.830. The van der Waals surface area contributed by atoms with E-state index in [2.05, 4.69) is 28.1 Å². The number of fused-ring (bicyclic) bond motifs is 1. The second kappa shape index (κ2) is 11.6. The maximum Gasteiger partial charge on any atom is 0.478 e. The molecule has 2 radical (unpaired) electrons. The van der Waals surface area contributed by atoms with Gasteiger partial charge in [0, 0.05) is 65.5 Å². The molecule has 0 amide bonds. The third-order valence-corrected chi connectivity index (χ3v) is 7.44. The Morgan fingerprint density at radius 1 is 1.19 bits per heavy atom. The van der Waals surface area contributed by atoms with Gasteiger partial charge < -0.3 is 35.2 Å². The molecule has 170 valence electrons. The van der Waals surface area contributed by atoms with E-state index in [4.69, 9.17) is 15.4 Å². The molecule has 1 aliphatic heterocycles. The molecule has 6 atom stereocenters. The summed E-state index contributed by atoms with van der Waals surface area (Å²) in [6, 6.07) is 0. The van der Waals surface area contributed by atoms with Gasteiger partial charge in [0.2, 0.25) is 0 Å². The minimum Gasteiger partial charge on any atom is -0.756 e. The molecule has 1 fully saturated rings. The first-order chi connectivity index (χ1) is 13.8. The van der Waals surface area contributed by atoms with E-state index in [0.717, 1.165) is 0 Å². The molecule has 2 aromatic rings. The van der Waals surface area contributed by atoms with Crippen molar-refractivity contribution in [1.29, 1.82) is 0 Å². The van der Waals surface area contributed by atoms with Crippen LogP contribution in [0, 0.1) is 0 Å². The predicted molar refractivity (Wildman–Crippen MR) is 101 cm³/mol. The van der Waals surface area contributed by atoms with Crippen molar-refractivity contribution in [2.45, 2.75) is 24.9 Å². The second-order valence-corrected chi connectivity index (χ2v) is 10.2. The monoisotopic (exact) mass is 535 g/mol. The maximum atomic E-state index is 11.7. The third-order valence-electron chi connectivity index (χ3n) is 3.71. The molecule has 32 heavy (non-hydrogen) atoms. The summed E-state index contributed by atoms with van der Waals surface area (Å²) >= 11 is 0. The number of nitrogen functional groups attached to an aromatic ring is 1. The zero-order valence-electron chi connectivity index (χ0n) is 16.5. The average molecular weight is 535 g/mol. The van der Waals surface area contributed by atoms with Gasteiger partial charge in [-0.1, -0.05) is 0 Å². The number of phosphoric acid groups is 3. The van der Waals surface area contributed by atoms with Crippen LogP contribution in [0.4, 0.5) is 5.82 Å². The molecule has 0 saturated carbocycles. The maximum absolute atomic E-state index is 11.7. The van der Waals surface area contributed by atoms with Gasteiger partial charge in [0.25, 0.3) is 15.6 Å². The summed E-state index contributed by atoms with van der Waals surface area (Å²) in [6.07, 6.45) is -0.767. The Bertz CT molecular complexity index is 1080. The van der Waals surface area contributed by atoms with Gasteiger partial charge in [0.1, 0.15) is 24.2 Å². The van der Waals surface area contributed by atoms with Crippen LogP contribution in [-0.2, 0) is 31.6 Å². The van der Waals surface area contributed by atoms with E-state index in [1.165, 1.54) is 17.2 Å². The van der Waals surface area contributed by atoms with Crippen LogP contribution in [0.15, 0.2) is 12.7 Å². The second-order valence-electron chi connectivity index (χ2n) is 5.86. The zero-order chi connectivity index (χ0) is 22.3. The largest absolute Gasteiger partial charge is 0.756 e. The SMILES string of the molecule is Nc1ncnc2c1ncn2[C@H]1C[C@H](O)[C@@H](COP(=O)(O)OP(=O)([O-])OP(=O)([O-])O)O1.[Na].[Na]. The van der Waals surface area contributed by atoms with Gasteiger partial charge in [-0.3, -0.25) is 18.2 Å². The van der Waals surface area contributed by atoms with E-state index in [1.54, 1.807) is 0 Å². The number of rotatable bonds is 8. The summed E-state index contributed by atoms with van der Waals surface area (Å²) in [5.41, 5.74) is 6.27. The number of imidazole rings is 1. The standard InChI is InChI=1S/C10H16N5O12P3.2Na/c11-9-8-10(13-3-12-9)15(4-14-8)7-1-5(16)6(25-7)2-24-29(20,21)27-30(22,23)26-28(17,18)19;;/h3-7,16H,1-2H2,(H,20,21)(H,22,23)(H2,11,12,13)(H2,17,18,19);;/p-2/t5-,6+,7+;;/m0../s1. The van der Waals surface area contributed by atoms with E-state index in [-0.39, 0.29) is 76.9 Å². The molecule has 3 rings (SSSR count). The molecule has 0 spiro atoms. The Hall–Kier alpha value is 0.680. The first-order valence-electron chi connectivity index (χ1n) is 7.78. The number of ether oxygens (including phenoxy) is 1. The van der Waals surface area contributed by atoms with Gasteiger partial charge >= 0.3 is 7.82 Å². The molecule has 5 N–H and O–H groups in total. The Kier molecular flexibility index (Phi) is 11.1. The average Bonchev–Trinajstić information content (AvgIpc) is 3.14. The van der Waals surface area contributed by atoms with E-state index < -0.39 is 48.5 Å². The van der Waals surface area contributed by atoms with Crippen molar-refractivity contribution >= 4 is 99.6 Å². The van der Waals surface area contributed by atoms with E-state index in [1.807, 2.05) is 0 Å². The fourth-order valence-electron chi connectivity index (χ4n) is 2.58. The van der Waals surface area contributed by atoms with Crippen molar-refractivity contribution in [3.05, 3.63) is 12.7 Å². The summed E-state index contributed by atoms with van der Waals surface area (Å²) in [5.74, 6) is 0.116. The van der Waals surface area contributed by atoms with E-state index >= 15 is 0 Å². The first kappa shape index (κ1) is 30.7. The van der Waals surface area contributed by atoms with Crippen LogP contribution < -0.4 is 15.5 Å². The zero-order valence-corrected chi connectivity index (χ0v) is 23.2. The minimum absolute atomic E-state index is 0. The predicted octanol–water partition coefficient (Wildman–Crippen LogP) is -2.63. The van der Waals surface area contributed by atoms with Gasteiger partial charge in [0.15, 0.2) is 11.5 Å². The molecular weight excluding hydrogens is 521 g/mol. The van der Waals surface area contributed by atoms with Crippen molar-refractivity contribution in [3.8, 4) is 0 Å². The number of phosphoric ester groups is 1. The number of hydrogen-bond donors (Lipinski definition) is 4. The van der Waals surface area contributed by atoms with Crippen LogP contribution in [0.25, 0.3) is 11.2 Å². The Morgan fingerprint density at radius 2 is 1.84 bits per heavy atom. The third kappa shape index (κ3) is 8.12. The van der Waals surface area contributed by atoms with Crippen LogP contribution in [-0.4, -0.2) is 112 Å². The fraction of sp³-hybridized carbons (Fsp3) is 0.500. The van der Waals surface area contributed by atoms with Gasteiger partial charge in [-0.2, -0.15) is 0 Å². The Balaban J connectivity index is 0.00000256. The first-order valence-corrected chi connectivity index (χ1v) is 12.2. The smallest absolute Gasteiger partial charge is 0.478 e. The molecule has 2 aromatic heterocycles. The van der Waals surface area contributed by atoms with Crippen molar-refractivity contribution in [2.75, 3.05) is 12.3 Å². The van der Waals surface area contributed by atoms with Crippen LogP contribution in [0.5, 0.6) is 0 Å². The molecule has 0 aromatic carbocycles. The molecule has 17 nitrogen and oxygen atoms in total. The van der Waals surface area contributed by atoms with Crippen LogP contribution in [0.3, 0.4) is 0 Å². The molecule has 1 saturated heterocycles. The molecule has 3 heterocycles. The minimum atomic E-state index is -5.95. The number of nitrogens with two attached hydrogens (primary N) is 1. The quantitative estimate of drug-likeness (QED) is 0.199. The van der Waals surface area contributed by atoms with Crippen LogP contribution in [0.2, 0.25) is 0 Å².